The minimum Gasteiger partial charge on any atom is -0.480 e. The fraction of sp³-hybridized carbons (Fsp3) is 0.857. The Balaban J connectivity index is 1.84. The van der Waals surface area contributed by atoms with E-state index in [0.29, 0.717) is 25.4 Å². The number of amides is 2. The van der Waals surface area contributed by atoms with E-state index in [2.05, 4.69) is 5.32 Å². The Labute approximate surface area is 119 Å². The van der Waals surface area contributed by atoms with E-state index < -0.39 is 12.0 Å². The van der Waals surface area contributed by atoms with Crippen molar-refractivity contribution in [3.63, 3.8) is 0 Å². The molecule has 0 aromatic heterocycles. The van der Waals surface area contributed by atoms with Gasteiger partial charge >= 0.3 is 12.0 Å². The SMILES string of the molecule is CC1CCN(C(=O)NCC2CCCCO2)C(C(=O)O)C1. The fourth-order valence-electron chi connectivity index (χ4n) is 2.89. The Hall–Kier alpha value is -1.30. The van der Waals surface area contributed by atoms with E-state index in [-0.39, 0.29) is 12.1 Å². The van der Waals surface area contributed by atoms with E-state index in [1.54, 1.807) is 0 Å². The predicted molar refractivity (Wildman–Crippen MR) is 73.5 cm³/mol. The third-order valence-corrected chi connectivity index (χ3v) is 4.17. The molecule has 0 radical (unpaired) electrons. The van der Waals surface area contributed by atoms with Gasteiger partial charge in [0.1, 0.15) is 6.04 Å². The summed E-state index contributed by atoms with van der Waals surface area (Å²) in [4.78, 5) is 24.9. The minimum absolute atomic E-state index is 0.0692. The lowest BCUT2D eigenvalue weighted by molar-refractivity contribution is -0.143. The van der Waals surface area contributed by atoms with E-state index >= 15 is 0 Å². The molecule has 0 aromatic carbocycles. The maximum atomic E-state index is 12.2. The maximum Gasteiger partial charge on any atom is 0.326 e. The van der Waals surface area contributed by atoms with E-state index in [0.717, 1.165) is 32.3 Å². The van der Waals surface area contributed by atoms with E-state index in [9.17, 15) is 14.7 Å². The van der Waals surface area contributed by atoms with Gasteiger partial charge in [-0.15, -0.1) is 0 Å². The highest BCUT2D eigenvalue weighted by Gasteiger charge is 2.34. The van der Waals surface area contributed by atoms with Crippen LogP contribution in [0.1, 0.15) is 39.0 Å². The van der Waals surface area contributed by atoms with Gasteiger partial charge in [0.2, 0.25) is 0 Å². The summed E-state index contributed by atoms with van der Waals surface area (Å²) in [5.74, 6) is -0.567. The van der Waals surface area contributed by atoms with Gasteiger partial charge in [0.05, 0.1) is 6.10 Å². The van der Waals surface area contributed by atoms with Gasteiger partial charge in [-0.1, -0.05) is 6.92 Å². The van der Waals surface area contributed by atoms with Crippen LogP contribution < -0.4 is 5.32 Å². The summed E-state index contributed by atoms with van der Waals surface area (Å²) in [6.45, 7) is 3.76. The summed E-state index contributed by atoms with van der Waals surface area (Å²) in [6.07, 6.45) is 4.62. The molecule has 114 valence electrons. The van der Waals surface area contributed by atoms with Crippen molar-refractivity contribution in [2.24, 2.45) is 5.92 Å². The number of nitrogens with one attached hydrogen (secondary N) is 1. The average molecular weight is 284 g/mol. The Morgan fingerprint density at radius 1 is 1.35 bits per heavy atom. The number of hydrogen-bond donors (Lipinski definition) is 2. The van der Waals surface area contributed by atoms with Crippen molar-refractivity contribution in [2.75, 3.05) is 19.7 Å². The van der Waals surface area contributed by atoms with Crippen molar-refractivity contribution in [1.29, 1.82) is 0 Å². The highest BCUT2D eigenvalue weighted by molar-refractivity contribution is 5.82. The molecule has 0 spiro atoms. The molecule has 2 saturated heterocycles. The van der Waals surface area contributed by atoms with Crippen LogP contribution in [0, 0.1) is 5.92 Å². The molecular formula is C14H24N2O4. The van der Waals surface area contributed by atoms with Crippen LogP contribution in [0.5, 0.6) is 0 Å². The third kappa shape index (κ3) is 3.85. The molecule has 0 bridgehead atoms. The molecule has 2 N–H and O–H groups in total. The molecule has 2 aliphatic rings. The number of ether oxygens (including phenoxy) is 1. The molecule has 2 heterocycles. The number of likely N-dealkylation sites (tertiary alicyclic amines) is 1. The molecule has 2 amide bonds. The van der Waals surface area contributed by atoms with E-state index in [4.69, 9.17) is 4.74 Å². The monoisotopic (exact) mass is 284 g/mol. The molecule has 6 nitrogen and oxygen atoms in total. The van der Waals surface area contributed by atoms with Gasteiger partial charge in [-0.05, 0) is 38.0 Å². The van der Waals surface area contributed by atoms with E-state index in [1.807, 2.05) is 6.92 Å². The number of carbonyl (C=O) groups excluding carboxylic acids is 1. The number of urea groups is 1. The number of piperidine rings is 1. The van der Waals surface area contributed by atoms with Crippen molar-refractivity contribution in [3.05, 3.63) is 0 Å². The number of carboxylic acid groups (broad SMARTS) is 1. The Bertz CT molecular complexity index is 355. The first kappa shape index (κ1) is 15.1. The maximum absolute atomic E-state index is 12.2. The Morgan fingerprint density at radius 2 is 2.15 bits per heavy atom. The summed E-state index contributed by atoms with van der Waals surface area (Å²) in [5, 5.41) is 12.1. The van der Waals surface area contributed by atoms with Gasteiger partial charge < -0.3 is 20.1 Å². The van der Waals surface area contributed by atoms with Crippen LogP contribution >= 0.6 is 0 Å². The second-order valence-electron chi connectivity index (χ2n) is 5.85. The lowest BCUT2D eigenvalue weighted by Crippen LogP contribution is -2.54. The lowest BCUT2D eigenvalue weighted by atomic mass is 9.93. The van der Waals surface area contributed by atoms with Gasteiger partial charge in [0, 0.05) is 19.7 Å². The number of aliphatic carboxylic acids is 1. The van der Waals surface area contributed by atoms with Gasteiger partial charge in [0.15, 0.2) is 0 Å². The first-order valence-corrected chi connectivity index (χ1v) is 7.47. The van der Waals surface area contributed by atoms with Crippen molar-refractivity contribution in [2.45, 2.75) is 51.2 Å². The van der Waals surface area contributed by atoms with Gasteiger partial charge in [0.25, 0.3) is 0 Å². The number of rotatable bonds is 3. The molecule has 0 saturated carbocycles. The second kappa shape index (κ2) is 6.92. The summed E-state index contributed by atoms with van der Waals surface area (Å²) in [7, 11) is 0. The topological polar surface area (TPSA) is 78.9 Å². The number of carbonyl (C=O) groups is 2. The zero-order chi connectivity index (χ0) is 14.5. The normalized spacial score (nSPS) is 30.9. The molecule has 3 atom stereocenters. The number of hydrogen-bond acceptors (Lipinski definition) is 3. The van der Waals surface area contributed by atoms with E-state index in [1.165, 1.54) is 4.90 Å². The van der Waals surface area contributed by atoms with Crippen molar-refractivity contribution in [1.82, 2.24) is 10.2 Å². The lowest BCUT2D eigenvalue weighted by Gasteiger charge is -2.36. The highest BCUT2D eigenvalue weighted by atomic mass is 16.5. The summed E-state index contributed by atoms with van der Waals surface area (Å²) in [6, 6.07) is -0.982. The molecular weight excluding hydrogens is 260 g/mol. The number of carboxylic acids is 1. The third-order valence-electron chi connectivity index (χ3n) is 4.17. The number of nitrogens with zero attached hydrogens (tertiary/aromatic N) is 1. The zero-order valence-electron chi connectivity index (χ0n) is 12.0. The van der Waals surface area contributed by atoms with Crippen molar-refractivity contribution in [3.8, 4) is 0 Å². The van der Waals surface area contributed by atoms with Crippen molar-refractivity contribution < 1.29 is 19.4 Å². The smallest absolute Gasteiger partial charge is 0.326 e. The van der Waals surface area contributed by atoms with Gasteiger partial charge in [-0.3, -0.25) is 0 Å². The summed E-state index contributed by atoms with van der Waals surface area (Å²) < 4.78 is 5.56. The van der Waals surface area contributed by atoms with Crippen LogP contribution in [0.15, 0.2) is 0 Å². The van der Waals surface area contributed by atoms with Gasteiger partial charge in [-0.2, -0.15) is 0 Å². The molecule has 20 heavy (non-hydrogen) atoms. The van der Waals surface area contributed by atoms with Crippen LogP contribution in [0.25, 0.3) is 0 Å². The fourth-order valence-corrected chi connectivity index (χ4v) is 2.89. The molecule has 2 fully saturated rings. The Morgan fingerprint density at radius 3 is 2.80 bits per heavy atom. The van der Waals surface area contributed by atoms with Crippen LogP contribution in [0.2, 0.25) is 0 Å². The predicted octanol–water partition coefficient (Wildman–Crippen LogP) is 1.45. The molecule has 2 rings (SSSR count). The zero-order valence-corrected chi connectivity index (χ0v) is 12.0. The average Bonchev–Trinajstić information content (AvgIpc) is 2.45. The summed E-state index contributed by atoms with van der Waals surface area (Å²) in [5.41, 5.74) is 0. The quantitative estimate of drug-likeness (QED) is 0.822. The standard InChI is InChI=1S/C14H24N2O4/c1-10-5-6-16(12(8-10)13(17)18)14(19)15-9-11-4-2-3-7-20-11/h10-12H,2-9H2,1H3,(H,15,19)(H,17,18). The molecule has 3 unspecified atom stereocenters. The molecule has 2 aliphatic heterocycles. The second-order valence-corrected chi connectivity index (χ2v) is 5.85. The van der Waals surface area contributed by atoms with Crippen LogP contribution in [-0.2, 0) is 9.53 Å². The highest BCUT2D eigenvalue weighted by Crippen LogP contribution is 2.22. The molecule has 0 aromatic rings. The molecule has 6 heteroatoms. The first-order valence-electron chi connectivity index (χ1n) is 7.47. The molecule has 0 aliphatic carbocycles. The van der Waals surface area contributed by atoms with Gasteiger partial charge in [-0.25, -0.2) is 9.59 Å². The largest absolute Gasteiger partial charge is 0.480 e. The first-order chi connectivity index (χ1) is 9.58. The van der Waals surface area contributed by atoms with Crippen LogP contribution in [-0.4, -0.2) is 53.8 Å². The summed E-state index contributed by atoms with van der Waals surface area (Å²) >= 11 is 0. The van der Waals surface area contributed by atoms with Crippen LogP contribution in [0.4, 0.5) is 4.79 Å². The van der Waals surface area contributed by atoms with Crippen LogP contribution in [0.3, 0.4) is 0 Å². The minimum atomic E-state index is -0.916. The van der Waals surface area contributed by atoms with Crippen molar-refractivity contribution >= 4 is 12.0 Å². The Kier molecular flexibility index (Phi) is 5.23.